The first-order chi connectivity index (χ1) is 11.7. The topological polar surface area (TPSA) is 91.0 Å². The van der Waals surface area contributed by atoms with Crippen molar-refractivity contribution in [1.29, 1.82) is 0 Å². The average Bonchev–Trinajstić information content (AvgIpc) is 2.85. The number of aliphatic imine (C=N–C) groups is 1. The van der Waals surface area contributed by atoms with Gasteiger partial charge < -0.3 is 25.3 Å². The van der Waals surface area contributed by atoms with E-state index in [0.717, 1.165) is 23.4 Å². The van der Waals surface area contributed by atoms with Crippen molar-refractivity contribution < 1.29 is 14.2 Å². The van der Waals surface area contributed by atoms with Gasteiger partial charge in [0.15, 0.2) is 17.5 Å². The zero-order chi connectivity index (χ0) is 16.8. The molecule has 2 heterocycles. The lowest BCUT2D eigenvalue weighted by atomic mass is 10.2. The van der Waals surface area contributed by atoms with Gasteiger partial charge in [-0.1, -0.05) is 6.07 Å². The molecule has 126 valence electrons. The quantitative estimate of drug-likeness (QED) is 0.660. The Morgan fingerprint density at radius 3 is 2.83 bits per heavy atom. The molecule has 2 aromatic rings. The van der Waals surface area contributed by atoms with Crippen LogP contribution in [0.1, 0.15) is 12.0 Å². The number of aromatic nitrogens is 1. The molecule has 1 aliphatic rings. The summed E-state index contributed by atoms with van der Waals surface area (Å²) in [5.74, 6) is 2.35. The fourth-order valence-corrected chi connectivity index (χ4v) is 2.23. The van der Waals surface area contributed by atoms with Crippen molar-refractivity contribution >= 4 is 11.6 Å². The van der Waals surface area contributed by atoms with E-state index in [0.29, 0.717) is 37.3 Å². The number of guanidine groups is 1. The molecule has 24 heavy (non-hydrogen) atoms. The predicted molar refractivity (Wildman–Crippen MR) is 91.8 cm³/mol. The normalized spacial score (nSPS) is 14.0. The van der Waals surface area contributed by atoms with E-state index in [1.54, 1.807) is 19.4 Å². The Morgan fingerprint density at radius 2 is 2.08 bits per heavy atom. The van der Waals surface area contributed by atoms with Crippen molar-refractivity contribution in [2.45, 2.75) is 13.0 Å². The zero-order valence-electron chi connectivity index (χ0n) is 13.5. The molecule has 0 atom stereocenters. The molecule has 1 aromatic carbocycles. The third-order valence-corrected chi connectivity index (χ3v) is 3.46. The number of nitrogens with one attached hydrogen (secondary N) is 1. The standard InChI is InChI=1S/C17H20N4O3/c1-22-16-6-3-12(10-19-16)11-20-17(18)21-13-4-5-14-15(9-13)24-8-2-7-23-14/h3-6,9-10H,2,7-8,11H2,1H3,(H3,18,20,21). The maximum Gasteiger partial charge on any atom is 0.212 e. The number of hydrogen-bond donors (Lipinski definition) is 2. The minimum atomic E-state index is 0.320. The summed E-state index contributed by atoms with van der Waals surface area (Å²) < 4.78 is 16.3. The number of pyridine rings is 1. The maximum absolute atomic E-state index is 5.94. The fourth-order valence-electron chi connectivity index (χ4n) is 2.23. The van der Waals surface area contributed by atoms with Gasteiger partial charge in [0.05, 0.1) is 26.9 Å². The SMILES string of the molecule is COc1ccc(CN=C(N)Nc2ccc3c(c2)OCCCO3)cn1. The van der Waals surface area contributed by atoms with E-state index in [4.69, 9.17) is 19.9 Å². The van der Waals surface area contributed by atoms with Crippen molar-refractivity contribution in [3.63, 3.8) is 0 Å². The number of fused-ring (bicyclic) bond motifs is 1. The number of benzene rings is 1. The molecular weight excluding hydrogens is 308 g/mol. The van der Waals surface area contributed by atoms with E-state index >= 15 is 0 Å². The van der Waals surface area contributed by atoms with Crippen LogP contribution < -0.4 is 25.3 Å². The number of methoxy groups -OCH3 is 1. The first-order valence-electron chi connectivity index (χ1n) is 7.70. The minimum absolute atomic E-state index is 0.320. The van der Waals surface area contributed by atoms with E-state index in [2.05, 4.69) is 15.3 Å². The molecule has 3 rings (SSSR count). The number of rotatable bonds is 4. The number of nitrogens with zero attached hydrogens (tertiary/aromatic N) is 2. The summed E-state index contributed by atoms with van der Waals surface area (Å²) in [6.07, 6.45) is 2.58. The van der Waals surface area contributed by atoms with Crippen LogP contribution in [0.5, 0.6) is 17.4 Å². The van der Waals surface area contributed by atoms with Crippen molar-refractivity contribution in [3.8, 4) is 17.4 Å². The number of nitrogens with two attached hydrogens (primary N) is 1. The highest BCUT2D eigenvalue weighted by Crippen LogP contribution is 2.32. The van der Waals surface area contributed by atoms with Gasteiger partial charge in [0.2, 0.25) is 5.88 Å². The summed E-state index contributed by atoms with van der Waals surface area (Å²) in [7, 11) is 1.58. The molecule has 0 aliphatic carbocycles. The second-order valence-electron chi connectivity index (χ2n) is 5.25. The zero-order valence-corrected chi connectivity index (χ0v) is 13.5. The molecule has 0 spiro atoms. The lowest BCUT2D eigenvalue weighted by molar-refractivity contribution is 0.297. The molecule has 7 heteroatoms. The molecule has 0 unspecified atom stereocenters. The van der Waals surface area contributed by atoms with Crippen LogP contribution in [0, 0.1) is 0 Å². The Balaban J connectivity index is 1.63. The highest BCUT2D eigenvalue weighted by Gasteiger charge is 2.10. The van der Waals surface area contributed by atoms with Crippen LogP contribution in [0.4, 0.5) is 5.69 Å². The summed E-state index contributed by atoms with van der Waals surface area (Å²) in [4.78, 5) is 8.44. The summed E-state index contributed by atoms with van der Waals surface area (Å²) in [5.41, 5.74) is 7.68. The molecule has 0 saturated heterocycles. The lowest BCUT2D eigenvalue weighted by Gasteiger charge is -2.10. The first-order valence-corrected chi connectivity index (χ1v) is 7.70. The van der Waals surface area contributed by atoms with Gasteiger partial charge in [0.1, 0.15) is 0 Å². The monoisotopic (exact) mass is 328 g/mol. The molecule has 3 N–H and O–H groups in total. The predicted octanol–water partition coefficient (Wildman–Crippen LogP) is 2.18. The molecule has 0 saturated carbocycles. The second-order valence-corrected chi connectivity index (χ2v) is 5.25. The molecule has 0 amide bonds. The van der Waals surface area contributed by atoms with E-state index in [1.807, 2.05) is 24.3 Å². The van der Waals surface area contributed by atoms with Gasteiger partial charge in [-0.3, -0.25) is 0 Å². The van der Waals surface area contributed by atoms with Crippen molar-refractivity contribution in [3.05, 3.63) is 42.1 Å². The molecule has 1 aromatic heterocycles. The van der Waals surface area contributed by atoms with E-state index in [9.17, 15) is 0 Å². The Morgan fingerprint density at radius 1 is 1.25 bits per heavy atom. The second kappa shape index (κ2) is 7.54. The van der Waals surface area contributed by atoms with Crippen LogP contribution in [0.15, 0.2) is 41.5 Å². The first kappa shape index (κ1) is 15.9. The third kappa shape index (κ3) is 4.07. The summed E-state index contributed by atoms with van der Waals surface area (Å²) in [6, 6.07) is 9.29. The van der Waals surface area contributed by atoms with Gasteiger partial charge >= 0.3 is 0 Å². The molecule has 1 aliphatic heterocycles. The van der Waals surface area contributed by atoms with Gasteiger partial charge in [0, 0.05) is 30.4 Å². The van der Waals surface area contributed by atoms with E-state index in [1.165, 1.54) is 0 Å². The van der Waals surface area contributed by atoms with Crippen molar-refractivity contribution in [2.75, 3.05) is 25.6 Å². The molecule has 7 nitrogen and oxygen atoms in total. The van der Waals surface area contributed by atoms with Crippen molar-refractivity contribution in [1.82, 2.24) is 4.98 Å². The fraction of sp³-hybridized carbons (Fsp3) is 0.294. The molecular formula is C17H20N4O3. The van der Waals surface area contributed by atoms with E-state index in [-0.39, 0.29) is 0 Å². The minimum Gasteiger partial charge on any atom is -0.490 e. The number of ether oxygens (including phenoxy) is 3. The largest absolute Gasteiger partial charge is 0.490 e. The van der Waals surface area contributed by atoms with Crippen LogP contribution in [0.25, 0.3) is 0 Å². The Kier molecular flexibility index (Phi) is 5.00. The van der Waals surface area contributed by atoms with Crippen LogP contribution in [-0.4, -0.2) is 31.3 Å². The van der Waals surface area contributed by atoms with Gasteiger partial charge in [0.25, 0.3) is 0 Å². The van der Waals surface area contributed by atoms with Crippen molar-refractivity contribution in [2.24, 2.45) is 10.7 Å². The van der Waals surface area contributed by atoms with Gasteiger partial charge in [-0.05, 0) is 17.7 Å². The summed E-state index contributed by atoms with van der Waals surface area (Å²) in [5, 5.41) is 3.05. The molecule has 0 bridgehead atoms. The highest BCUT2D eigenvalue weighted by atomic mass is 16.5. The third-order valence-electron chi connectivity index (χ3n) is 3.46. The maximum atomic E-state index is 5.94. The Labute approximate surface area is 140 Å². The molecule has 0 fully saturated rings. The molecule has 0 radical (unpaired) electrons. The highest BCUT2D eigenvalue weighted by molar-refractivity contribution is 5.92. The van der Waals surface area contributed by atoms with E-state index < -0.39 is 0 Å². The smallest absolute Gasteiger partial charge is 0.212 e. The van der Waals surface area contributed by atoms with Gasteiger partial charge in [-0.15, -0.1) is 0 Å². The van der Waals surface area contributed by atoms with Gasteiger partial charge in [-0.2, -0.15) is 0 Å². The van der Waals surface area contributed by atoms with Crippen LogP contribution in [-0.2, 0) is 6.54 Å². The number of anilines is 1. The van der Waals surface area contributed by atoms with Crippen LogP contribution in [0.3, 0.4) is 0 Å². The average molecular weight is 328 g/mol. The summed E-state index contributed by atoms with van der Waals surface area (Å²) >= 11 is 0. The van der Waals surface area contributed by atoms with Crippen LogP contribution >= 0.6 is 0 Å². The summed E-state index contributed by atoms with van der Waals surface area (Å²) in [6.45, 7) is 1.74. The Bertz CT molecular complexity index is 716. The van der Waals surface area contributed by atoms with Gasteiger partial charge in [-0.25, -0.2) is 9.98 Å². The number of hydrogen-bond acceptors (Lipinski definition) is 5. The van der Waals surface area contributed by atoms with Crippen LogP contribution in [0.2, 0.25) is 0 Å². The lowest BCUT2D eigenvalue weighted by Crippen LogP contribution is -2.22. The Hall–Kier alpha value is -2.96.